The van der Waals surface area contributed by atoms with Gasteiger partial charge in [-0.1, -0.05) is 26.0 Å². The summed E-state index contributed by atoms with van der Waals surface area (Å²) >= 11 is 1.58. The van der Waals surface area contributed by atoms with Crippen molar-refractivity contribution in [2.45, 2.75) is 50.3 Å². The molecular weight excluding hydrogens is 270 g/mol. The van der Waals surface area contributed by atoms with Crippen LogP contribution in [0.25, 0.3) is 0 Å². The first-order valence-corrected chi connectivity index (χ1v) is 8.22. The highest BCUT2D eigenvalue weighted by atomic mass is 32.2. The molecule has 0 amide bonds. The molecular formula is C16H25NO2S. The summed E-state index contributed by atoms with van der Waals surface area (Å²) < 4.78 is 5.09. The molecule has 3 nitrogen and oxygen atoms in total. The fourth-order valence-electron chi connectivity index (χ4n) is 1.79. The van der Waals surface area contributed by atoms with Crippen molar-refractivity contribution < 1.29 is 9.53 Å². The Morgan fingerprint density at radius 1 is 1.25 bits per heavy atom. The molecule has 0 radical (unpaired) electrons. The summed E-state index contributed by atoms with van der Waals surface area (Å²) in [5.74, 6) is -0.117. The zero-order valence-corrected chi connectivity index (χ0v) is 13.5. The summed E-state index contributed by atoms with van der Waals surface area (Å²) in [4.78, 5) is 12.9. The van der Waals surface area contributed by atoms with Crippen LogP contribution in [0.2, 0.25) is 0 Å². The SMILES string of the molecule is CCCNCc1ccc(SC(CC)C(=O)OCC)cc1. The van der Waals surface area contributed by atoms with Gasteiger partial charge in [-0.2, -0.15) is 0 Å². The number of rotatable bonds is 9. The fourth-order valence-corrected chi connectivity index (χ4v) is 2.75. The minimum absolute atomic E-state index is 0.112. The van der Waals surface area contributed by atoms with Crippen LogP contribution in [0.15, 0.2) is 29.2 Å². The van der Waals surface area contributed by atoms with Crippen molar-refractivity contribution in [2.75, 3.05) is 13.2 Å². The number of hydrogen-bond acceptors (Lipinski definition) is 4. The Bertz CT molecular complexity index is 392. The average Bonchev–Trinajstić information content (AvgIpc) is 2.46. The van der Waals surface area contributed by atoms with E-state index in [0.29, 0.717) is 6.61 Å². The molecule has 1 atom stereocenters. The Kier molecular flexibility index (Phi) is 8.38. The second kappa shape index (κ2) is 9.83. The van der Waals surface area contributed by atoms with Gasteiger partial charge in [0.25, 0.3) is 0 Å². The summed E-state index contributed by atoms with van der Waals surface area (Å²) in [6.45, 7) is 8.39. The number of hydrogen-bond donors (Lipinski definition) is 1. The van der Waals surface area contributed by atoms with Crippen molar-refractivity contribution in [3.63, 3.8) is 0 Å². The maximum absolute atomic E-state index is 11.8. The average molecular weight is 295 g/mol. The first-order valence-electron chi connectivity index (χ1n) is 7.34. The van der Waals surface area contributed by atoms with E-state index in [2.05, 4.69) is 36.5 Å². The lowest BCUT2D eigenvalue weighted by Gasteiger charge is -2.13. The molecule has 1 N–H and O–H groups in total. The third-order valence-corrected chi connectivity index (χ3v) is 4.23. The molecule has 0 aromatic heterocycles. The maximum atomic E-state index is 11.8. The largest absolute Gasteiger partial charge is 0.465 e. The fraction of sp³-hybridized carbons (Fsp3) is 0.562. The smallest absolute Gasteiger partial charge is 0.319 e. The number of carbonyl (C=O) groups excluding carboxylic acids is 1. The van der Waals surface area contributed by atoms with Crippen LogP contribution in [0.3, 0.4) is 0 Å². The van der Waals surface area contributed by atoms with Crippen LogP contribution in [0, 0.1) is 0 Å². The second-order valence-electron chi connectivity index (χ2n) is 4.59. The van der Waals surface area contributed by atoms with Gasteiger partial charge in [-0.15, -0.1) is 11.8 Å². The third kappa shape index (κ3) is 5.97. The van der Waals surface area contributed by atoms with E-state index >= 15 is 0 Å². The number of nitrogens with one attached hydrogen (secondary N) is 1. The second-order valence-corrected chi connectivity index (χ2v) is 5.86. The maximum Gasteiger partial charge on any atom is 0.319 e. The molecule has 0 bridgehead atoms. The molecule has 0 fully saturated rings. The molecule has 1 rings (SSSR count). The molecule has 1 aromatic rings. The zero-order chi connectivity index (χ0) is 14.8. The van der Waals surface area contributed by atoms with Crippen molar-refractivity contribution in [1.29, 1.82) is 0 Å². The molecule has 1 unspecified atom stereocenters. The molecule has 112 valence electrons. The number of esters is 1. The van der Waals surface area contributed by atoms with Gasteiger partial charge >= 0.3 is 5.97 Å². The first kappa shape index (κ1) is 17.1. The highest BCUT2D eigenvalue weighted by Crippen LogP contribution is 2.26. The first-order chi connectivity index (χ1) is 9.71. The van der Waals surface area contributed by atoms with Crippen LogP contribution >= 0.6 is 11.8 Å². The van der Waals surface area contributed by atoms with Gasteiger partial charge in [-0.05, 0) is 44.0 Å². The Morgan fingerprint density at radius 3 is 2.50 bits per heavy atom. The van der Waals surface area contributed by atoms with E-state index in [-0.39, 0.29) is 11.2 Å². The van der Waals surface area contributed by atoms with Crippen LogP contribution in [-0.2, 0) is 16.1 Å². The molecule has 0 aliphatic rings. The summed E-state index contributed by atoms with van der Waals surface area (Å²) in [5, 5.41) is 3.26. The summed E-state index contributed by atoms with van der Waals surface area (Å²) in [7, 11) is 0. The number of carbonyl (C=O) groups is 1. The Balaban J connectivity index is 2.52. The van der Waals surface area contributed by atoms with E-state index in [4.69, 9.17) is 4.74 Å². The predicted octanol–water partition coefficient (Wildman–Crippen LogP) is 3.62. The number of benzene rings is 1. The van der Waals surface area contributed by atoms with Gasteiger partial charge in [0, 0.05) is 11.4 Å². The minimum atomic E-state index is -0.117. The number of ether oxygens (including phenoxy) is 1. The standard InChI is InChI=1S/C16H25NO2S/c1-4-11-17-12-13-7-9-14(10-8-13)20-15(5-2)16(18)19-6-3/h7-10,15,17H,4-6,11-12H2,1-3H3. The third-order valence-electron chi connectivity index (χ3n) is 2.88. The van der Waals surface area contributed by atoms with Crippen LogP contribution < -0.4 is 5.32 Å². The summed E-state index contributed by atoms with van der Waals surface area (Å²) in [5.41, 5.74) is 1.27. The number of thioether (sulfide) groups is 1. The van der Waals surface area contributed by atoms with Crippen molar-refractivity contribution in [2.24, 2.45) is 0 Å². The topological polar surface area (TPSA) is 38.3 Å². The van der Waals surface area contributed by atoms with Crippen LogP contribution in [0.1, 0.15) is 39.2 Å². The van der Waals surface area contributed by atoms with Gasteiger partial charge in [-0.25, -0.2) is 0 Å². The monoisotopic (exact) mass is 295 g/mol. The van der Waals surface area contributed by atoms with Gasteiger partial charge in [-0.3, -0.25) is 4.79 Å². The molecule has 0 saturated carbocycles. The van der Waals surface area contributed by atoms with Crippen LogP contribution in [0.5, 0.6) is 0 Å². The Morgan fingerprint density at radius 2 is 1.95 bits per heavy atom. The van der Waals surface area contributed by atoms with Crippen molar-refractivity contribution in [3.05, 3.63) is 29.8 Å². The van der Waals surface area contributed by atoms with Crippen molar-refractivity contribution >= 4 is 17.7 Å². The van der Waals surface area contributed by atoms with E-state index < -0.39 is 0 Å². The highest BCUT2D eigenvalue weighted by molar-refractivity contribution is 8.00. The van der Waals surface area contributed by atoms with Gasteiger partial charge in [0.05, 0.1) is 6.61 Å². The molecule has 0 aliphatic heterocycles. The van der Waals surface area contributed by atoms with Crippen molar-refractivity contribution in [3.8, 4) is 0 Å². The predicted molar refractivity (Wildman–Crippen MR) is 85.0 cm³/mol. The Hall–Kier alpha value is -1.00. The van der Waals surface area contributed by atoms with Crippen LogP contribution in [0.4, 0.5) is 0 Å². The lowest BCUT2D eigenvalue weighted by Crippen LogP contribution is -2.19. The van der Waals surface area contributed by atoms with E-state index in [0.717, 1.165) is 30.8 Å². The minimum Gasteiger partial charge on any atom is -0.465 e. The zero-order valence-electron chi connectivity index (χ0n) is 12.6. The quantitative estimate of drug-likeness (QED) is 0.429. The Labute approximate surface area is 126 Å². The lowest BCUT2D eigenvalue weighted by atomic mass is 10.2. The van der Waals surface area contributed by atoms with Crippen LogP contribution in [-0.4, -0.2) is 24.4 Å². The van der Waals surface area contributed by atoms with E-state index in [9.17, 15) is 4.79 Å². The molecule has 20 heavy (non-hydrogen) atoms. The lowest BCUT2D eigenvalue weighted by molar-refractivity contribution is -0.142. The van der Waals surface area contributed by atoms with Gasteiger partial charge < -0.3 is 10.1 Å². The molecule has 0 spiro atoms. The molecule has 0 saturated heterocycles. The highest BCUT2D eigenvalue weighted by Gasteiger charge is 2.18. The summed E-state index contributed by atoms with van der Waals surface area (Å²) in [6.07, 6.45) is 1.93. The van der Waals surface area contributed by atoms with E-state index in [1.54, 1.807) is 11.8 Å². The molecule has 4 heteroatoms. The molecule has 1 aromatic carbocycles. The van der Waals surface area contributed by atoms with E-state index in [1.807, 2.05) is 13.8 Å². The van der Waals surface area contributed by atoms with E-state index in [1.165, 1.54) is 5.56 Å². The summed E-state index contributed by atoms with van der Waals surface area (Å²) in [6, 6.07) is 8.39. The normalized spacial score (nSPS) is 12.2. The van der Waals surface area contributed by atoms with Gasteiger partial charge in [0.15, 0.2) is 0 Å². The van der Waals surface area contributed by atoms with Gasteiger partial charge in [0.1, 0.15) is 5.25 Å². The molecule has 0 aliphatic carbocycles. The molecule has 0 heterocycles. The van der Waals surface area contributed by atoms with Gasteiger partial charge in [0.2, 0.25) is 0 Å². The van der Waals surface area contributed by atoms with Crippen molar-refractivity contribution in [1.82, 2.24) is 5.32 Å².